The predicted octanol–water partition coefficient (Wildman–Crippen LogP) is 3.29. The number of alkyl halides is 3. The monoisotopic (exact) mass is 223 g/mol. The molecule has 1 aliphatic rings. The summed E-state index contributed by atoms with van der Waals surface area (Å²) in [6.07, 6.45) is -1.29. The Morgan fingerprint density at radius 2 is 1.80 bits per heavy atom. The lowest BCUT2D eigenvalue weighted by Gasteiger charge is -2.19. The van der Waals surface area contributed by atoms with Crippen LogP contribution in [0.2, 0.25) is 0 Å². The van der Waals surface area contributed by atoms with Gasteiger partial charge in [-0.15, -0.1) is 0 Å². The normalized spacial score (nSPS) is 20.3. The quantitative estimate of drug-likeness (QED) is 0.532. The summed E-state index contributed by atoms with van der Waals surface area (Å²) in [5.74, 6) is -0.532. The van der Waals surface area contributed by atoms with Gasteiger partial charge in [0.1, 0.15) is 0 Å². The van der Waals surface area contributed by atoms with E-state index in [2.05, 4.69) is 0 Å². The Bertz CT molecular complexity index is 267. The van der Waals surface area contributed by atoms with Crippen molar-refractivity contribution in [2.24, 2.45) is 5.92 Å². The Labute approximate surface area is 85.1 Å². The second kappa shape index (κ2) is 4.63. The Morgan fingerprint density at radius 3 is 2.20 bits per heavy atom. The van der Waals surface area contributed by atoms with Crippen molar-refractivity contribution in [3.05, 3.63) is 21.9 Å². The van der Waals surface area contributed by atoms with E-state index in [9.17, 15) is 23.3 Å². The molecule has 0 unspecified atom stereocenters. The maximum Gasteiger partial charge on any atom is 0.415 e. The Kier molecular flexibility index (Phi) is 3.71. The molecule has 1 rings (SSSR count). The zero-order chi connectivity index (χ0) is 11.5. The van der Waals surface area contributed by atoms with Gasteiger partial charge >= 0.3 is 6.18 Å². The molecule has 1 fully saturated rings. The van der Waals surface area contributed by atoms with E-state index in [1.54, 1.807) is 0 Å². The SMILES string of the molecule is O=[N+]([O-])/C(=C/C(F)(F)F)C1CCCCC1. The van der Waals surface area contributed by atoms with Gasteiger partial charge in [-0.1, -0.05) is 19.3 Å². The Balaban J connectivity index is 2.82. The molecule has 0 aromatic rings. The van der Waals surface area contributed by atoms with E-state index in [1.165, 1.54) is 0 Å². The van der Waals surface area contributed by atoms with Gasteiger partial charge < -0.3 is 0 Å². The maximum atomic E-state index is 12.0. The van der Waals surface area contributed by atoms with Crippen molar-refractivity contribution in [2.75, 3.05) is 0 Å². The number of nitrogens with zero attached hydrogens (tertiary/aromatic N) is 1. The number of allylic oxidation sites excluding steroid dienone is 2. The fourth-order valence-corrected chi connectivity index (χ4v) is 1.89. The topological polar surface area (TPSA) is 43.1 Å². The average molecular weight is 223 g/mol. The fourth-order valence-electron chi connectivity index (χ4n) is 1.89. The van der Waals surface area contributed by atoms with Gasteiger partial charge in [0.25, 0.3) is 5.70 Å². The summed E-state index contributed by atoms with van der Waals surface area (Å²) >= 11 is 0. The molecule has 15 heavy (non-hydrogen) atoms. The standard InChI is InChI=1S/C9H12F3NO2/c10-9(11,12)6-8(13(14)15)7-4-2-1-3-5-7/h6-7H,1-5H2/b8-6+. The third-order valence-electron chi connectivity index (χ3n) is 2.55. The average Bonchev–Trinajstić information content (AvgIpc) is 2.14. The largest absolute Gasteiger partial charge is 0.415 e. The van der Waals surface area contributed by atoms with Crippen LogP contribution in [-0.2, 0) is 0 Å². The van der Waals surface area contributed by atoms with E-state index >= 15 is 0 Å². The van der Waals surface area contributed by atoms with Gasteiger partial charge in [-0.3, -0.25) is 10.1 Å². The van der Waals surface area contributed by atoms with Crippen LogP contribution in [0.25, 0.3) is 0 Å². The van der Waals surface area contributed by atoms with Gasteiger partial charge in [0, 0.05) is 5.92 Å². The smallest absolute Gasteiger partial charge is 0.259 e. The number of hydrogen-bond acceptors (Lipinski definition) is 2. The van der Waals surface area contributed by atoms with Crippen molar-refractivity contribution >= 4 is 0 Å². The molecule has 0 amide bonds. The molecule has 0 aromatic carbocycles. The number of rotatable bonds is 2. The molecule has 0 saturated heterocycles. The molecule has 0 N–H and O–H groups in total. The Hall–Kier alpha value is -1.07. The minimum absolute atomic E-state index is 0.164. The lowest BCUT2D eigenvalue weighted by molar-refractivity contribution is -0.436. The minimum atomic E-state index is -4.60. The van der Waals surface area contributed by atoms with E-state index in [4.69, 9.17) is 0 Å². The van der Waals surface area contributed by atoms with E-state index in [1.807, 2.05) is 0 Å². The molecular weight excluding hydrogens is 211 g/mol. The third-order valence-corrected chi connectivity index (χ3v) is 2.55. The molecule has 0 atom stereocenters. The summed E-state index contributed by atoms with van der Waals surface area (Å²) in [5.41, 5.74) is -0.679. The van der Waals surface area contributed by atoms with E-state index < -0.39 is 22.7 Å². The molecule has 0 bridgehead atoms. The lowest BCUT2D eigenvalue weighted by atomic mass is 9.87. The van der Waals surface area contributed by atoms with E-state index in [0.29, 0.717) is 12.8 Å². The molecule has 3 nitrogen and oxygen atoms in total. The zero-order valence-electron chi connectivity index (χ0n) is 8.09. The van der Waals surface area contributed by atoms with Crippen molar-refractivity contribution in [3.63, 3.8) is 0 Å². The lowest BCUT2D eigenvalue weighted by Crippen LogP contribution is -2.18. The van der Waals surface area contributed by atoms with Crippen LogP contribution < -0.4 is 0 Å². The van der Waals surface area contributed by atoms with Crippen LogP contribution in [0.4, 0.5) is 13.2 Å². The first kappa shape index (κ1) is 12.0. The van der Waals surface area contributed by atoms with Crippen molar-refractivity contribution in [2.45, 2.75) is 38.3 Å². The minimum Gasteiger partial charge on any atom is -0.259 e. The second-order valence-electron chi connectivity index (χ2n) is 3.70. The summed E-state index contributed by atoms with van der Waals surface area (Å²) < 4.78 is 36.1. The van der Waals surface area contributed by atoms with Gasteiger partial charge in [-0.05, 0) is 12.8 Å². The van der Waals surface area contributed by atoms with Gasteiger partial charge in [0.2, 0.25) is 0 Å². The molecule has 1 aliphatic carbocycles. The van der Waals surface area contributed by atoms with Gasteiger partial charge in [-0.25, -0.2) is 0 Å². The number of hydrogen-bond donors (Lipinski definition) is 0. The van der Waals surface area contributed by atoms with Crippen LogP contribution in [0.15, 0.2) is 11.8 Å². The highest BCUT2D eigenvalue weighted by Gasteiger charge is 2.34. The first-order valence-electron chi connectivity index (χ1n) is 4.84. The van der Waals surface area contributed by atoms with Gasteiger partial charge in [-0.2, -0.15) is 13.2 Å². The molecule has 0 spiro atoms. The summed E-state index contributed by atoms with van der Waals surface area (Å²) in [5, 5.41) is 10.5. The van der Waals surface area contributed by atoms with E-state index in [0.717, 1.165) is 19.3 Å². The molecule has 0 radical (unpaired) electrons. The van der Waals surface area contributed by atoms with Crippen LogP contribution in [-0.4, -0.2) is 11.1 Å². The number of halogens is 3. The van der Waals surface area contributed by atoms with Crippen LogP contribution >= 0.6 is 0 Å². The summed E-state index contributed by atoms with van der Waals surface area (Å²) in [6.45, 7) is 0. The fraction of sp³-hybridized carbons (Fsp3) is 0.778. The van der Waals surface area contributed by atoms with Crippen LogP contribution in [0, 0.1) is 16.0 Å². The van der Waals surface area contributed by atoms with Crippen molar-refractivity contribution < 1.29 is 18.1 Å². The van der Waals surface area contributed by atoms with E-state index in [-0.39, 0.29) is 6.08 Å². The highest BCUT2D eigenvalue weighted by atomic mass is 19.4. The van der Waals surface area contributed by atoms with Crippen LogP contribution in [0.3, 0.4) is 0 Å². The van der Waals surface area contributed by atoms with Crippen molar-refractivity contribution in [1.82, 2.24) is 0 Å². The molecule has 1 saturated carbocycles. The van der Waals surface area contributed by atoms with Crippen molar-refractivity contribution in [3.8, 4) is 0 Å². The second-order valence-corrected chi connectivity index (χ2v) is 3.70. The highest BCUT2D eigenvalue weighted by Crippen LogP contribution is 2.32. The first-order chi connectivity index (χ1) is 6.90. The summed E-state index contributed by atoms with van der Waals surface area (Å²) in [4.78, 5) is 9.61. The molecule has 0 heterocycles. The van der Waals surface area contributed by atoms with Crippen molar-refractivity contribution in [1.29, 1.82) is 0 Å². The number of nitro groups is 1. The zero-order valence-corrected chi connectivity index (χ0v) is 8.09. The molecular formula is C9H12F3NO2. The van der Waals surface area contributed by atoms with Crippen LogP contribution in [0.5, 0.6) is 0 Å². The first-order valence-corrected chi connectivity index (χ1v) is 4.84. The molecule has 86 valence electrons. The summed E-state index contributed by atoms with van der Waals surface area (Å²) in [7, 11) is 0. The third kappa shape index (κ3) is 3.89. The van der Waals surface area contributed by atoms with Crippen LogP contribution in [0.1, 0.15) is 32.1 Å². The Morgan fingerprint density at radius 1 is 1.27 bits per heavy atom. The van der Waals surface area contributed by atoms with Gasteiger partial charge in [0.05, 0.1) is 11.0 Å². The predicted molar refractivity (Wildman–Crippen MR) is 47.7 cm³/mol. The highest BCUT2D eigenvalue weighted by molar-refractivity contribution is 5.02. The molecule has 0 aliphatic heterocycles. The summed E-state index contributed by atoms with van der Waals surface area (Å²) in [6, 6.07) is 0. The van der Waals surface area contributed by atoms with Gasteiger partial charge in [0.15, 0.2) is 0 Å². The molecule has 0 aromatic heterocycles. The molecule has 6 heteroatoms. The maximum absolute atomic E-state index is 12.0.